The SMILES string of the molecule is CC(C)(C)c1ccc(OCC(=O)NC(c2ccccc2)c2c(O)ccc3ccccc23)cc1. The molecule has 0 radical (unpaired) electrons. The lowest BCUT2D eigenvalue weighted by atomic mass is 9.87. The summed E-state index contributed by atoms with van der Waals surface area (Å²) in [6.07, 6.45) is 0. The van der Waals surface area contributed by atoms with Crippen molar-refractivity contribution in [2.45, 2.75) is 32.2 Å². The monoisotopic (exact) mass is 439 g/mol. The zero-order valence-corrected chi connectivity index (χ0v) is 19.2. The third kappa shape index (κ3) is 5.17. The van der Waals surface area contributed by atoms with E-state index in [-0.39, 0.29) is 23.7 Å². The first-order valence-corrected chi connectivity index (χ1v) is 11.1. The topological polar surface area (TPSA) is 58.6 Å². The van der Waals surface area contributed by atoms with E-state index < -0.39 is 6.04 Å². The Bertz CT molecular complexity index is 1240. The first kappa shape index (κ1) is 22.4. The number of hydrogen-bond acceptors (Lipinski definition) is 3. The predicted octanol–water partition coefficient (Wildman–Crippen LogP) is 6.13. The van der Waals surface area contributed by atoms with Gasteiger partial charge in [-0.2, -0.15) is 0 Å². The molecule has 0 saturated carbocycles. The number of phenols is 1. The second kappa shape index (κ2) is 9.37. The highest BCUT2D eigenvalue weighted by molar-refractivity contribution is 5.89. The third-order valence-electron chi connectivity index (χ3n) is 5.76. The molecule has 1 unspecified atom stereocenters. The quantitative estimate of drug-likeness (QED) is 0.380. The summed E-state index contributed by atoms with van der Waals surface area (Å²) < 4.78 is 5.75. The first-order valence-electron chi connectivity index (χ1n) is 11.1. The van der Waals surface area contributed by atoms with Crippen molar-refractivity contribution in [1.29, 1.82) is 0 Å². The fourth-order valence-corrected chi connectivity index (χ4v) is 3.96. The Labute approximate surface area is 194 Å². The van der Waals surface area contributed by atoms with Crippen LogP contribution < -0.4 is 10.1 Å². The van der Waals surface area contributed by atoms with E-state index in [2.05, 4.69) is 26.1 Å². The standard InChI is InChI=1S/C29H29NO3/c1-29(2,3)22-14-16-23(17-15-22)33-19-26(32)30-28(21-10-5-4-6-11-21)27-24-12-8-7-9-20(24)13-18-25(27)31/h4-18,28,31H,19H2,1-3H3,(H,30,32). The van der Waals surface area contributed by atoms with Gasteiger partial charge >= 0.3 is 0 Å². The van der Waals surface area contributed by atoms with E-state index in [1.54, 1.807) is 6.07 Å². The fraction of sp³-hybridized carbons (Fsp3) is 0.207. The van der Waals surface area contributed by atoms with Crippen LogP contribution in [0, 0.1) is 0 Å². The normalized spacial score (nSPS) is 12.3. The highest BCUT2D eigenvalue weighted by atomic mass is 16.5. The van der Waals surface area contributed by atoms with Crippen molar-refractivity contribution in [2.24, 2.45) is 0 Å². The Morgan fingerprint density at radius 3 is 2.24 bits per heavy atom. The van der Waals surface area contributed by atoms with Crippen molar-refractivity contribution >= 4 is 16.7 Å². The Hall–Kier alpha value is -3.79. The zero-order valence-electron chi connectivity index (χ0n) is 19.2. The molecule has 4 aromatic carbocycles. The molecule has 1 amide bonds. The Morgan fingerprint density at radius 2 is 1.55 bits per heavy atom. The maximum absolute atomic E-state index is 12.9. The number of ether oxygens (including phenoxy) is 1. The van der Waals surface area contributed by atoms with Crippen LogP contribution in [0.1, 0.15) is 43.5 Å². The lowest BCUT2D eigenvalue weighted by Crippen LogP contribution is -2.33. The summed E-state index contributed by atoms with van der Waals surface area (Å²) in [6, 6.07) is 28.3. The third-order valence-corrected chi connectivity index (χ3v) is 5.76. The molecule has 4 nitrogen and oxygen atoms in total. The van der Waals surface area contributed by atoms with Crippen molar-refractivity contribution in [2.75, 3.05) is 6.61 Å². The Kier molecular flexibility index (Phi) is 6.36. The molecule has 168 valence electrons. The average molecular weight is 440 g/mol. The second-order valence-corrected chi connectivity index (χ2v) is 9.19. The van der Waals surface area contributed by atoms with Crippen LogP contribution in [0.15, 0.2) is 91.0 Å². The van der Waals surface area contributed by atoms with Gasteiger partial charge in [0.15, 0.2) is 6.61 Å². The molecule has 4 aromatic rings. The summed E-state index contributed by atoms with van der Waals surface area (Å²) in [4.78, 5) is 12.9. The molecule has 4 rings (SSSR count). The van der Waals surface area contributed by atoms with Gasteiger partial charge in [0.05, 0.1) is 6.04 Å². The molecule has 0 bridgehead atoms. The number of aromatic hydroxyl groups is 1. The number of carbonyl (C=O) groups is 1. The van der Waals surface area contributed by atoms with E-state index in [9.17, 15) is 9.90 Å². The number of benzene rings is 4. The van der Waals surface area contributed by atoms with Crippen molar-refractivity contribution < 1.29 is 14.6 Å². The van der Waals surface area contributed by atoms with E-state index in [0.29, 0.717) is 11.3 Å². The van der Waals surface area contributed by atoms with Crippen molar-refractivity contribution in [1.82, 2.24) is 5.32 Å². The number of fused-ring (bicyclic) bond motifs is 1. The van der Waals surface area contributed by atoms with Gasteiger partial charge in [-0.15, -0.1) is 0 Å². The maximum atomic E-state index is 12.9. The molecule has 0 saturated heterocycles. The lowest BCUT2D eigenvalue weighted by Gasteiger charge is -2.23. The van der Waals surface area contributed by atoms with Crippen LogP contribution in [0.2, 0.25) is 0 Å². The minimum Gasteiger partial charge on any atom is -0.508 e. The van der Waals surface area contributed by atoms with Crippen molar-refractivity contribution in [3.05, 3.63) is 108 Å². The Morgan fingerprint density at radius 1 is 0.879 bits per heavy atom. The largest absolute Gasteiger partial charge is 0.508 e. The predicted molar refractivity (Wildman–Crippen MR) is 133 cm³/mol. The number of phenolic OH excluding ortho intramolecular Hbond substituents is 1. The molecule has 0 aromatic heterocycles. The second-order valence-electron chi connectivity index (χ2n) is 9.19. The van der Waals surface area contributed by atoms with Gasteiger partial charge in [-0.1, -0.05) is 93.6 Å². The molecular formula is C29H29NO3. The van der Waals surface area contributed by atoms with Gasteiger partial charge in [-0.05, 0) is 45.5 Å². The summed E-state index contributed by atoms with van der Waals surface area (Å²) in [6.45, 7) is 6.35. The highest BCUT2D eigenvalue weighted by Crippen LogP contribution is 2.35. The summed E-state index contributed by atoms with van der Waals surface area (Å²) >= 11 is 0. The lowest BCUT2D eigenvalue weighted by molar-refractivity contribution is -0.123. The van der Waals surface area contributed by atoms with Gasteiger partial charge in [0.2, 0.25) is 0 Å². The van der Waals surface area contributed by atoms with E-state index >= 15 is 0 Å². The smallest absolute Gasteiger partial charge is 0.258 e. The molecule has 1 atom stereocenters. The molecule has 0 aliphatic carbocycles. The van der Waals surface area contributed by atoms with E-state index in [0.717, 1.165) is 16.3 Å². The van der Waals surface area contributed by atoms with Gasteiger partial charge in [-0.25, -0.2) is 0 Å². The summed E-state index contributed by atoms with van der Waals surface area (Å²) in [5, 5.41) is 15.7. The molecule has 0 aliphatic rings. The molecular weight excluding hydrogens is 410 g/mol. The summed E-state index contributed by atoms with van der Waals surface area (Å²) in [5.41, 5.74) is 2.81. The zero-order chi connectivity index (χ0) is 23.4. The molecule has 0 heterocycles. The minimum atomic E-state index is -0.517. The molecule has 0 fully saturated rings. The first-order chi connectivity index (χ1) is 15.8. The highest BCUT2D eigenvalue weighted by Gasteiger charge is 2.22. The molecule has 0 spiro atoms. The van der Waals surface area contributed by atoms with Crippen LogP contribution in [0.25, 0.3) is 10.8 Å². The number of amides is 1. The minimum absolute atomic E-state index is 0.0548. The van der Waals surface area contributed by atoms with Crippen molar-refractivity contribution in [3.63, 3.8) is 0 Å². The number of carbonyl (C=O) groups excluding carboxylic acids is 1. The van der Waals surface area contributed by atoms with Crippen LogP contribution >= 0.6 is 0 Å². The number of hydrogen-bond donors (Lipinski definition) is 2. The van der Waals surface area contributed by atoms with Gasteiger partial charge in [0.1, 0.15) is 11.5 Å². The van der Waals surface area contributed by atoms with Gasteiger partial charge < -0.3 is 15.2 Å². The molecule has 0 aliphatic heterocycles. The Balaban J connectivity index is 1.58. The molecule has 2 N–H and O–H groups in total. The van der Waals surface area contributed by atoms with Gasteiger partial charge in [-0.3, -0.25) is 4.79 Å². The van der Waals surface area contributed by atoms with Crippen LogP contribution in [0.5, 0.6) is 11.5 Å². The number of nitrogens with one attached hydrogen (secondary N) is 1. The van der Waals surface area contributed by atoms with E-state index in [4.69, 9.17) is 4.74 Å². The van der Waals surface area contributed by atoms with Crippen LogP contribution in [-0.4, -0.2) is 17.6 Å². The van der Waals surface area contributed by atoms with Crippen LogP contribution in [-0.2, 0) is 10.2 Å². The molecule has 4 heteroatoms. The van der Waals surface area contributed by atoms with E-state index in [1.807, 2.05) is 84.9 Å². The van der Waals surface area contributed by atoms with Crippen molar-refractivity contribution in [3.8, 4) is 11.5 Å². The summed E-state index contributed by atoms with van der Waals surface area (Å²) in [7, 11) is 0. The van der Waals surface area contributed by atoms with Crippen LogP contribution in [0.3, 0.4) is 0 Å². The average Bonchev–Trinajstić information content (AvgIpc) is 2.82. The molecule has 33 heavy (non-hydrogen) atoms. The van der Waals surface area contributed by atoms with Gasteiger partial charge in [0, 0.05) is 5.56 Å². The summed E-state index contributed by atoms with van der Waals surface area (Å²) in [5.74, 6) is 0.514. The maximum Gasteiger partial charge on any atom is 0.258 e. The van der Waals surface area contributed by atoms with E-state index in [1.165, 1.54) is 5.56 Å². The van der Waals surface area contributed by atoms with Gasteiger partial charge in [0.25, 0.3) is 5.91 Å². The number of rotatable bonds is 6. The fourth-order valence-electron chi connectivity index (χ4n) is 3.96. The van der Waals surface area contributed by atoms with Crippen LogP contribution in [0.4, 0.5) is 0 Å².